The van der Waals surface area contributed by atoms with E-state index in [4.69, 9.17) is 10.5 Å². The van der Waals surface area contributed by atoms with Gasteiger partial charge in [-0.2, -0.15) is 0 Å². The summed E-state index contributed by atoms with van der Waals surface area (Å²) in [5.41, 5.74) is 7.73. The number of pyridine rings is 1. The molecule has 2 heterocycles. The molecule has 1 atom stereocenters. The molecular formula is C12H15N3O2. The van der Waals surface area contributed by atoms with Gasteiger partial charge in [-0.15, -0.1) is 0 Å². The predicted molar refractivity (Wildman–Crippen MR) is 64.4 cm³/mol. The summed E-state index contributed by atoms with van der Waals surface area (Å²) in [7, 11) is 0. The quantitative estimate of drug-likeness (QED) is 0.772. The van der Waals surface area contributed by atoms with Crippen molar-refractivity contribution in [1.82, 2.24) is 9.97 Å². The molecule has 0 unspecified atom stereocenters. The van der Waals surface area contributed by atoms with Gasteiger partial charge in [0.25, 0.3) is 0 Å². The van der Waals surface area contributed by atoms with Crippen LogP contribution in [0.15, 0.2) is 24.7 Å². The van der Waals surface area contributed by atoms with Crippen LogP contribution in [0.3, 0.4) is 0 Å². The molecule has 0 aliphatic heterocycles. The molecule has 5 heteroatoms. The molecule has 5 nitrogen and oxygen atoms in total. The van der Waals surface area contributed by atoms with E-state index in [1.165, 1.54) is 0 Å². The van der Waals surface area contributed by atoms with Crippen LogP contribution in [-0.2, 0) is 16.0 Å². The summed E-state index contributed by atoms with van der Waals surface area (Å²) in [6, 6.07) is 1.28. The number of esters is 1. The minimum atomic E-state index is -0.623. The van der Waals surface area contributed by atoms with Crippen LogP contribution in [0.1, 0.15) is 12.5 Å². The normalized spacial score (nSPS) is 12.6. The van der Waals surface area contributed by atoms with Crippen molar-refractivity contribution in [1.29, 1.82) is 0 Å². The fourth-order valence-corrected chi connectivity index (χ4v) is 1.77. The molecule has 0 fully saturated rings. The zero-order valence-electron chi connectivity index (χ0n) is 9.64. The summed E-state index contributed by atoms with van der Waals surface area (Å²) in [6.07, 6.45) is 5.78. The Morgan fingerprint density at radius 2 is 2.47 bits per heavy atom. The van der Waals surface area contributed by atoms with Gasteiger partial charge in [-0.3, -0.25) is 9.78 Å². The van der Waals surface area contributed by atoms with Crippen LogP contribution in [0.25, 0.3) is 10.9 Å². The molecule has 0 saturated carbocycles. The van der Waals surface area contributed by atoms with Gasteiger partial charge in [0.05, 0.1) is 18.3 Å². The molecule has 90 valence electrons. The summed E-state index contributed by atoms with van der Waals surface area (Å²) < 4.78 is 4.88. The topological polar surface area (TPSA) is 81.0 Å². The molecule has 2 rings (SSSR count). The zero-order chi connectivity index (χ0) is 12.3. The number of carbonyl (C=O) groups excluding carboxylic acids is 1. The lowest BCUT2D eigenvalue weighted by Gasteiger charge is -2.09. The molecule has 0 radical (unpaired) electrons. The van der Waals surface area contributed by atoms with Gasteiger partial charge in [0.15, 0.2) is 0 Å². The van der Waals surface area contributed by atoms with Gasteiger partial charge in [0, 0.05) is 24.2 Å². The number of nitrogens with zero attached hydrogens (tertiary/aromatic N) is 1. The minimum absolute atomic E-state index is 0.352. The zero-order valence-corrected chi connectivity index (χ0v) is 9.64. The van der Waals surface area contributed by atoms with E-state index in [1.807, 2.05) is 12.3 Å². The van der Waals surface area contributed by atoms with Crippen molar-refractivity contribution in [3.05, 3.63) is 30.2 Å². The predicted octanol–water partition coefficient (Wildman–Crippen LogP) is 0.996. The van der Waals surface area contributed by atoms with E-state index in [0.717, 1.165) is 16.5 Å². The molecule has 0 bridgehead atoms. The van der Waals surface area contributed by atoms with Gasteiger partial charge in [-0.1, -0.05) is 0 Å². The van der Waals surface area contributed by atoms with Crippen LogP contribution in [0, 0.1) is 0 Å². The number of ether oxygens (including phenoxy) is 1. The van der Waals surface area contributed by atoms with Crippen LogP contribution < -0.4 is 5.73 Å². The SMILES string of the molecule is CCOC(=O)[C@@H](N)Cc1c[nH]c2cnccc12. The average molecular weight is 233 g/mol. The Balaban J connectivity index is 2.16. The largest absolute Gasteiger partial charge is 0.465 e. The Hall–Kier alpha value is -1.88. The first-order chi connectivity index (χ1) is 8.22. The number of fused-ring (bicyclic) bond motifs is 1. The van der Waals surface area contributed by atoms with Crippen LogP contribution in [0.2, 0.25) is 0 Å². The number of nitrogens with two attached hydrogens (primary N) is 1. The third kappa shape index (κ3) is 2.45. The van der Waals surface area contributed by atoms with Crippen molar-refractivity contribution in [3.8, 4) is 0 Å². The van der Waals surface area contributed by atoms with Crippen molar-refractivity contribution in [2.45, 2.75) is 19.4 Å². The first kappa shape index (κ1) is 11.6. The second-order valence-electron chi connectivity index (χ2n) is 3.80. The van der Waals surface area contributed by atoms with E-state index < -0.39 is 6.04 Å². The van der Waals surface area contributed by atoms with E-state index in [9.17, 15) is 4.79 Å². The maximum Gasteiger partial charge on any atom is 0.323 e. The van der Waals surface area contributed by atoms with Crippen LogP contribution in [0.5, 0.6) is 0 Å². The second-order valence-corrected chi connectivity index (χ2v) is 3.80. The van der Waals surface area contributed by atoms with E-state index in [2.05, 4.69) is 9.97 Å². The number of aromatic amines is 1. The van der Waals surface area contributed by atoms with Crippen molar-refractivity contribution >= 4 is 16.9 Å². The monoisotopic (exact) mass is 233 g/mol. The number of hydrogen-bond acceptors (Lipinski definition) is 4. The molecule has 3 N–H and O–H groups in total. The minimum Gasteiger partial charge on any atom is -0.465 e. The molecule has 0 aliphatic rings. The summed E-state index contributed by atoms with van der Waals surface area (Å²) in [4.78, 5) is 18.5. The Bertz CT molecular complexity index is 521. The molecule has 0 spiro atoms. The Morgan fingerprint density at radius 3 is 3.24 bits per heavy atom. The number of aromatic nitrogens is 2. The van der Waals surface area contributed by atoms with E-state index in [0.29, 0.717) is 13.0 Å². The van der Waals surface area contributed by atoms with Crippen molar-refractivity contribution < 1.29 is 9.53 Å². The maximum absolute atomic E-state index is 11.4. The van der Waals surface area contributed by atoms with Gasteiger partial charge in [-0.25, -0.2) is 0 Å². The highest BCUT2D eigenvalue weighted by molar-refractivity contribution is 5.83. The Labute approximate surface area is 99.0 Å². The molecule has 2 aromatic heterocycles. The lowest BCUT2D eigenvalue weighted by Crippen LogP contribution is -2.34. The number of rotatable bonds is 4. The number of carbonyl (C=O) groups is 1. The molecule has 0 aromatic carbocycles. The third-order valence-electron chi connectivity index (χ3n) is 2.60. The third-order valence-corrected chi connectivity index (χ3v) is 2.60. The van der Waals surface area contributed by atoms with Crippen molar-refractivity contribution in [3.63, 3.8) is 0 Å². The molecule has 17 heavy (non-hydrogen) atoms. The van der Waals surface area contributed by atoms with Gasteiger partial charge < -0.3 is 15.5 Å². The van der Waals surface area contributed by atoms with E-state index >= 15 is 0 Å². The lowest BCUT2D eigenvalue weighted by atomic mass is 10.1. The summed E-state index contributed by atoms with van der Waals surface area (Å²) in [5, 5.41) is 1.04. The van der Waals surface area contributed by atoms with E-state index in [1.54, 1.807) is 19.3 Å². The van der Waals surface area contributed by atoms with Gasteiger partial charge in [-0.05, 0) is 18.6 Å². The highest BCUT2D eigenvalue weighted by Gasteiger charge is 2.16. The van der Waals surface area contributed by atoms with Crippen LogP contribution in [0.4, 0.5) is 0 Å². The fourth-order valence-electron chi connectivity index (χ4n) is 1.77. The highest BCUT2D eigenvalue weighted by atomic mass is 16.5. The fraction of sp³-hybridized carbons (Fsp3) is 0.333. The molecule has 0 aliphatic carbocycles. The molecule has 0 amide bonds. The average Bonchev–Trinajstić information content (AvgIpc) is 2.73. The Kier molecular flexibility index (Phi) is 3.39. The standard InChI is InChI=1S/C12H15N3O2/c1-2-17-12(16)10(13)5-8-6-15-11-7-14-4-3-9(8)11/h3-4,6-7,10,15H,2,5,13H2,1H3/t10-/m0/s1. The summed E-state index contributed by atoms with van der Waals surface area (Å²) >= 11 is 0. The summed E-state index contributed by atoms with van der Waals surface area (Å²) in [5.74, 6) is -0.365. The van der Waals surface area contributed by atoms with Crippen LogP contribution in [-0.4, -0.2) is 28.6 Å². The van der Waals surface area contributed by atoms with Crippen molar-refractivity contribution in [2.24, 2.45) is 5.73 Å². The Morgan fingerprint density at radius 1 is 1.65 bits per heavy atom. The number of H-pyrrole nitrogens is 1. The molecule has 2 aromatic rings. The first-order valence-electron chi connectivity index (χ1n) is 5.54. The second kappa shape index (κ2) is 4.97. The van der Waals surface area contributed by atoms with Crippen molar-refractivity contribution in [2.75, 3.05) is 6.61 Å². The highest BCUT2D eigenvalue weighted by Crippen LogP contribution is 2.17. The maximum atomic E-state index is 11.4. The van der Waals surface area contributed by atoms with Crippen LogP contribution >= 0.6 is 0 Å². The van der Waals surface area contributed by atoms with Gasteiger partial charge >= 0.3 is 5.97 Å². The summed E-state index contributed by atoms with van der Waals surface area (Å²) in [6.45, 7) is 2.12. The van der Waals surface area contributed by atoms with Gasteiger partial charge in [0.2, 0.25) is 0 Å². The first-order valence-corrected chi connectivity index (χ1v) is 5.54. The smallest absolute Gasteiger partial charge is 0.323 e. The number of hydrogen-bond donors (Lipinski definition) is 2. The molecule has 0 saturated heterocycles. The number of nitrogens with one attached hydrogen (secondary N) is 1. The molecular weight excluding hydrogens is 218 g/mol. The van der Waals surface area contributed by atoms with E-state index in [-0.39, 0.29) is 5.97 Å². The van der Waals surface area contributed by atoms with Gasteiger partial charge in [0.1, 0.15) is 6.04 Å². The lowest BCUT2D eigenvalue weighted by molar-refractivity contribution is -0.144.